The van der Waals surface area contributed by atoms with Gasteiger partial charge in [-0.1, -0.05) is 22.4 Å². The highest BCUT2D eigenvalue weighted by Gasteiger charge is 2.16. The number of halogens is 1. The minimum Gasteiger partial charge on any atom is -0.397 e. The van der Waals surface area contributed by atoms with E-state index in [1.165, 1.54) is 32.4 Å². The largest absolute Gasteiger partial charge is 0.397 e. The number of nitrogens with zero attached hydrogens (tertiary/aromatic N) is 1. The molecule has 3 nitrogen and oxygen atoms in total. The minimum absolute atomic E-state index is 0.754. The number of anilines is 2. The van der Waals surface area contributed by atoms with Gasteiger partial charge in [0.15, 0.2) is 0 Å². The smallest absolute Gasteiger partial charge is 0.0585 e. The second kappa shape index (κ2) is 7.15. The zero-order valence-electron chi connectivity index (χ0n) is 11.7. The molecule has 0 aliphatic carbocycles. The molecule has 1 atom stereocenters. The fourth-order valence-corrected chi connectivity index (χ4v) is 3.04. The molecule has 2 rings (SSSR count). The summed E-state index contributed by atoms with van der Waals surface area (Å²) in [5, 5.41) is 3.43. The second-order valence-corrected chi connectivity index (χ2v) is 6.31. The second-order valence-electron chi connectivity index (χ2n) is 5.39. The lowest BCUT2D eigenvalue weighted by Gasteiger charge is -2.33. The average Bonchev–Trinajstić information content (AvgIpc) is 2.40. The molecule has 1 aromatic carbocycles. The Balaban J connectivity index is 1.73. The number of rotatable bonds is 5. The van der Waals surface area contributed by atoms with Crippen molar-refractivity contribution < 1.29 is 0 Å². The van der Waals surface area contributed by atoms with Gasteiger partial charge in [0.25, 0.3) is 0 Å². The Morgan fingerprint density at radius 1 is 1.42 bits per heavy atom. The summed E-state index contributed by atoms with van der Waals surface area (Å²) >= 11 is 3.47. The van der Waals surface area contributed by atoms with Crippen LogP contribution in [0.3, 0.4) is 0 Å². The summed E-state index contributed by atoms with van der Waals surface area (Å²) in [4.78, 5) is 2.61. The third-order valence-corrected chi connectivity index (χ3v) is 4.39. The summed E-state index contributed by atoms with van der Waals surface area (Å²) < 4.78 is 1.06. The van der Waals surface area contributed by atoms with Crippen LogP contribution in [-0.4, -0.2) is 30.6 Å². The SMILES string of the molecule is CC1CCCCN1CCCNc1cc(Br)ccc1N. The molecule has 1 unspecified atom stereocenters. The van der Waals surface area contributed by atoms with Gasteiger partial charge in [0.1, 0.15) is 0 Å². The van der Waals surface area contributed by atoms with Crippen LogP contribution in [0, 0.1) is 0 Å². The molecular weight excluding hydrogens is 302 g/mol. The van der Waals surface area contributed by atoms with Crippen LogP contribution in [0.25, 0.3) is 0 Å². The highest BCUT2D eigenvalue weighted by molar-refractivity contribution is 9.10. The van der Waals surface area contributed by atoms with Crippen LogP contribution in [0.15, 0.2) is 22.7 Å². The maximum absolute atomic E-state index is 5.94. The number of hydrogen-bond acceptors (Lipinski definition) is 3. The van der Waals surface area contributed by atoms with Gasteiger partial charge in [0, 0.05) is 23.6 Å². The van der Waals surface area contributed by atoms with Crippen LogP contribution >= 0.6 is 15.9 Å². The molecule has 0 radical (unpaired) electrons. The van der Waals surface area contributed by atoms with E-state index in [1.807, 2.05) is 18.2 Å². The van der Waals surface area contributed by atoms with E-state index < -0.39 is 0 Å². The van der Waals surface area contributed by atoms with Gasteiger partial charge in [-0.25, -0.2) is 0 Å². The van der Waals surface area contributed by atoms with Gasteiger partial charge in [0.2, 0.25) is 0 Å². The molecule has 19 heavy (non-hydrogen) atoms. The van der Waals surface area contributed by atoms with Gasteiger partial charge < -0.3 is 16.0 Å². The molecule has 0 bridgehead atoms. The van der Waals surface area contributed by atoms with Gasteiger partial charge in [-0.3, -0.25) is 0 Å². The lowest BCUT2D eigenvalue weighted by Crippen LogP contribution is -2.38. The van der Waals surface area contributed by atoms with Crippen molar-refractivity contribution in [3.8, 4) is 0 Å². The van der Waals surface area contributed by atoms with E-state index in [0.29, 0.717) is 0 Å². The Hall–Kier alpha value is -0.740. The standard InChI is InChI=1S/C15H24BrN3/c1-12-5-2-3-9-19(12)10-4-8-18-15-11-13(16)6-7-14(15)17/h6-7,11-12,18H,2-5,8-10,17H2,1H3. The zero-order chi connectivity index (χ0) is 13.7. The van der Waals surface area contributed by atoms with Crippen molar-refractivity contribution in [2.24, 2.45) is 0 Å². The summed E-state index contributed by atoms with van der Waals surface area (Å²) in [5.74, 6) is 0. The molecule has 0 amide bonds. The Kier molecular flexibility index (Phi) is 5.52. The number of nitrogens with two attached hydrogens (primary N) is 1. The summed E-state index contributed by atoms with van der Waals surface area (Å²) in [6, 6.07) is 6.69. The van der Waals surface area contributed by atoms with E-state index in [9.17, 15) is 0 Å². The van der Waals surface area contributed by atoms with Crippen LogP contribution in [0.5, 0.6) is 0 Å². The molecule has 4 heteroatoms. The fraction of sp³-hybridized carbons (Fsp3) is 0.600. The molecule has 0 saturated carbocycles. The number of likely N-dealkylation sites (tertiary alicyclic amines) is 1. The van der Waals surface area contributed by atoms with Crippen molar-refractivity contribution in [2.45, 2.75) is 38.6 Å². The maximum Gasteiger partial charge on any atom is 0.0585 e. The molecule has 1 saturated heterocycles. The van der Waals surface area contributed by atoms with Crippen molar-refractivity contribution in [1.29, 1.82) is 0 Å². The van der Waals surface area contributed by atoms with E-state index in [1.54, 1.807) is 0 Å². The van der Waals surface area contributed by atoms with Crippen LogP contribution in [0.2, 0.25) is 0 Å². The van der Waals surface area contributed by atoms with Gasteiger partial charge in [-0.05, 0) is 50.9 Å². The van der Waals surface area contributed by atoms with Gasteiger partial charge in [0.05, 0.1) is 11.4 Å². The van der Waals surface area contributed by atoms with Crippen LogP contribution < -0.4 is 11.1 Å². The number of benzene rings is 1. The Morgan fingerprint density at radius 2 is 2.26 bits per heavy atom. The van der Waals surface area contributed by atoms with E-state index >= 15 is 0 Å². The summed E-state index contributed by atoms with van der Waals surface area (Å²) in [6.45, 7) is 5.77. The van der Waals surface area contributed by atoms with Gasteiger partial charge in [-0.2, -0.15) is 0 Å². The third kappa shape index (κ3) is 4.39. The molecule has 106 valence electrons. The zero-order valence-corrected chi connectivity index (χ0v) is 13.2. The summed E-state index contributed by atoms with van der Waals surface area (Å²) in [6.07, 6.45) is 5.27. The summed E-state index contributed by atoms with van der Waals surface area (Å²) in [5.41, 5.74) is 7.79. The first-order valence-electron chi connectivity index (χ1n) is 7.20. The van der Waals surface area contributed by atoms with E-state index in [-0.39, 0.29) is 0 Å². The van der Waals surface area contributed by atoms with Crippen LogP contribution in [0.1, 0.15) is 32.6 Å². The lowest BCUT2D eigenvalue weighted by molar-refractivity contribution is 0.160. The van der Waals surface area contributed by atoms with Crippen molar-refractivity contribution >= 4 is 27.3 Å². The van der Waals surface area contributed by atoms with E-state index in [4.69, 9.17) is 5.73 Å². The average molecular weight is 326 g/mol. The third-order valence-electron chi connectivity index (χ3n) is 3.89. The molecule has 1 fully saturated rings. The molecule has 3 N–H and O–H groups in total. The van der Waals surface area contributed by atoms with Gasteiger partial charge >= 0.3 is 0 Å². The Labute approximate surface area is 124 Å². The normalized spacial score (nSPS) is 20.4. The predicted octanol–water partition coefficient (Wildman–Crippen LogP) is 3.71. The van der Waals surface area contributed by atoms with Crippen molar-refractivity contribution in [2.75, 3.05) is 30.7 Å². The molecule has 1 aliphatic heterocycles. The molecule has 0 spiro atoms. The Bertz CT molecular complexity index is 408. The first-order valence-corrected chi connectivity index (χ1v) is 7.99. The molecule has 1 aromatic rings. The highest BCUT2D eigenvalue weighted by atomic mass is 79.9. The van der Waals surface area contributed by atoms with E-state index in [0.717, 1.165) is 34.9 Å². The highest BCUT2D eigenvalue weighted by Crippen LogP contribution is 2.23. The van der Waals surface area contributed by atoms with Crippen LogP contribution in [-0.2, 0) is 0 Å². The van der Waals surface area contributed by atoms with E-state index in [2.05, 4.69) is 33.1 Å². The molecule has 1 heterocycles. The topological polar surface area (TPSA) is 41.3 Å². The number of nitrogen functional groups attached to an aromatic ring is 1. The molecule has 0 aromatic heterocycles. The lowest BCUT2D eigenvalue weighted by atomic mass is 10.0. The molecular formula is C15H24BrN3. The van der Waals surface area contributed by atoms with Crippen LogP contribution in [0.4, 0.5) is 11.4 Å². The van der Waals surface area contributed by atoms with Crippen molar-refractivity contribution in [3.63, 3.8) is 0 Å². The number of hydrogen-bond donors (Lipinski definition) is 2. The van der Waals surface area contributed by atoms with Gasteiger partial charge in [-0.15, -0.1) is 0 Å². The number of nitrogens with one attached hydrogen (secondary N) is 1. The monoisotopic (exact) mass is 325 g/mol. The van der Waals surface area contributed by atoms with Crippen molar-refractivity contribution in [1.82, 2.24) is 4.90 Å². The minimum atomic E-state index is 0.754. The quantitative estimate of drug-likeness (QED) is 0.640. The number of piperidine rings is 1. The summed E-state index contributed by atoms with van der Waals surface area (Å²) in [7, 11) is 0. The fourth-order valence-electron chi connectivity index (χ4n) is 2.68. The Morgan fingerprint density at radius 3 is 3.05 bits per heavy atom. The first-order chi connectivity index (χ1) is 9.16. The van der Waals surface area contributed by atoms with Crippen molar-refractivity contribution in [3.05, 3.63) is 22.7 Å². The first kappa shape index (κ1) is 14.7. The predicted molar refractivity (Wildman–Crippen MR) is 86.5 cm³/mol. The molecule has 1 aliphatic rings. The maximum atomic E-state index is 5.94.